The zero-order valence-electron chi connectivity index (χ0n) is 11.8. The van der Waals surface area contributed by atoms with Crippen LogP contribution in [0.15, 0.2) is 60.7 Å². The molecule has 0 radical (unpaired) electrons. The maximum Gasteiger partial charge on any atom is -0.0184 e. The van der Waals surface area contributed by atoms with Gasteiger partial charge in [0.25, 0.3) is 0 Å². The van der Waals surface area contributed by atoms with Crippen LogP contribution in [0.1, 0.15) is 33.6 Å². The highest BCUT2D eigenvalue weighted by molar-refractivity contribution is 5.62. The summed E-state index contributed by atoms with van der Waals surface area (Å²) >= 11 is 0. The molecule has 0 heterocycles. The SMILES string of the molecule is CCC(C)CC.c1ccc(-c2ccccc2)cc1. The summed E-state index contributed by atoms with van der Waals surface area (Å²) in [5, 5.41) is 0. The number of hydrogen-bond donors (Lipinski definition) is 0. The van der Waals surface area contributed by atoms with Crippen LogP contribution >= 0.6 is 0 Å². The monoisotopic (exact) mass is 240 g/mol. The van der Waals surface area contributed by atoms with Crippen LogP contribution in [0.4, 0.5) is 0 Å². The highest BCUT2D eigenvalue weighted by Gasteiger charge is 1.91. The van der Waals surface area contributed by atoms with Crippen LogP contribution in [0, 0.1) is 5.92 Å². The van der Waals surface area contributed by atoms with Crippen molar-refractivity contribution in [2.45, 2.75) is 33.6 Å². The largest absolute Gasteiger partial charge is 0.0651 e. The minimum Gasteiger partial charge on any atom is -0.0651 e. The maximum atomic E-state index is 2.28. The van der Waals surface area contributed by atoms with E-state index < -0.39 is 0 Å². The van der Waals surface area contributed by atoms with Crippen LogP contribution in [0.5, 0.6) is 0 Å². The lowest BCUT2D eigenvalue weighted by atomic mass is 10.1. The molecule has 0 heteroatoms. The molecule has 2 rings (SSSR count). The second-order valence-corrected chi connectivity index (χ2v) is 4.65. The van der Waals surface area contributed by atoms with Crippen LogP contribution in [-0.4, -0.2) is 0 Å². The summed E-state index contributed by atoms with van der Waals surface area (Å²) in [6.45, 7) is 6.74. The highest BCUT2D eigenvalue weighted by atomic mass is 14.0. The van der Waals surface area contributed by atoms with Gasteiger partial charge in [0.1, 0.15) is 0 Å². The van der Waals surface area contributed by atoms with E-state index in [0.29, 0.717) is 0 Å². The third-order valence-corrected chi connectivity index (χ3v) is 3.27. The van der Waals surface area contributed by atoms with Crippen LogP contribution in [0.25, 0.3) is 11.1 Å². The van der Waals surface area contributed by atoms with E-state index in [0.717, 1.165) is 5.92 Å². The van der Waals surface area contributed by atoms with Gasteiger partial charge < -0.3 is 0 Å². The van der Waals surface area contributed by atoms with Gasteiger partial charge in [-0.25, -0.2) is 0 Å². The molecule has 0 aliphatic heterocycles. The molecule has 0 bridgehead atoms. The topological polar surface area (TPSA) is 0 Å². The summed E-state index contributed by atoms with van der Waals surface area (Å²) in [6.07, 6.45) is 2.66. The molecule has 2 aromatic rings. The zero-order valence-corrected chi connectivity index (χ0v) is 11.8. The molecule has 0 unspecified atom stereocenters. The Hall–Kier alpha value is -1.56. The zero-order chi connectivity index (χ0) is 13.2. The Morgan fingerprint density at radius 3 is 1.22 bits per heavy atom. The van der Waals surface area contributed by atoms with Crippen molar-refractivity contribution in [1.29, 1.82) is 0 Å². The van der Waals surface area contributed by atoms with Gasteiger partial charge in [-0.3, -0.25) is 0 Å². The minimum absolute atomic E-state index is 0.935. The lowest BCUT2D eigenvalue weighted by Gasteiger charge is -1.98. The summed E-state index contributed by atoms with van der Waals surface area (Å²) in [4.78, 5) is 0. The number of rotatable bonds is 3. The van der Waals surface area contributed by atoms with Gasteiger partial charge in [-0.15, -0.1) is 0 Å². The first-order valence-corrected chi connectivity index (χ1v) is 6.88. The van der Waals surface area contributed by atoms with Crippen LogP contribution < -0.4 is 0 Å². The maximum absolute atomic E-state index is 2.28. The third-order valence-electron chi connectivity index (χ3n) is 3.27. The van der Waals surface area contributed by atoms with Crippen molar-refractivity contribution >= 4 is 0 Å². The second-order valence-electron chi connectivity index (χ2n) is 4.65. The van der Waals surface area contributed by atoms with Gasteiger partial charge in [-0.05, 0) is 17.0 Å². The first-order chi connectivity index (χ1) is 8.77. The summed E-state index contributed by atoms with van der Waals surface area (Å²) in [6, 6.07) is 20.8. The fourth-order valence-corrected chi connectivity index (χ4v) is 1.55. The van der Waals surface area contributed by atoms with E-state index in [1.165, 1.54) is 24.0 Å². The summed E-state index contributed by atoms with van der Waals surface area (Å²) in [5.41, 5.74) is 2.55. The minimum atomic E-state index is 0.935. The van der Waals surface area contributed by atoms with Crippen molar-refractivity contribution in [1.82, 2.24) is 0 Å². The molecular formula is C18H24. The third kappa shape index (κ3) is 5.18. The molecule has 0 saturated heterocycles. The summed E-state index contributed by atoms with van der Waals surface area (Å²) in [7, 11) is 0. The predicted octanol–water partition coefficient (Wildman–Crippen LogP) is 5.80. The number of hydrogen-bond acceptors (Lipinski definition) is 0. The van der Waals surface area contributed by atoms with Crippen LogP contribution in [0.2, 0.25) is 0 Å². The van der Waals surface area contributed by atoms with Crippen LogP contribution in [-0.2, 0) is 0 Å². The molecule has 0 nitrogen and oxygen atoms in total. The van der Waals surface area contributed by atoms with Crippen molar-refractivity contribution < 1.29 is 0 Å². The molecule has 0 N–H and O–H groups in total. The molecular weight excluding hydrogens is 216 g/mol. The van der Waals surface area contributed by atoms with E-state index in [9.17, 15) is 0 Å². The Kier molecular flexibility index (Phi) is 6.86. The highest BCUT2D eigenvalue weighted by Crippen LogP contribution is 2.17. The molecule has 0 fully saturated rings. The standard InChI is InChI=1S/C12H10.C6H14/c1-3-7-11(8-4-1)12-9-5-2-6-10-12;1-4-6(3)5-2/h1-10H;6H,4-5H2,1-3H3. The molecule has 0 saturated carbocycles. The Labute approximate surface area is 112 Å². The van der Waals surface area contributed by atoms with Gasteiger partial charge >= 0.3 is 0 Å². The molecule has 96 valence electrons. The first kappa shape index (κ1) is 14.5. The molecule has 0 aromatic heterocycles. The van der Waals surface area contributed by atoms with Gasteiger partial charge in [-0.1, -0.05) is 94.3 Å². The lowest BCUT2D eigenvalue weighted by molar-refractivity contribution is 0.544. The predicted molar refractivity (Wildman–Crippen MR) is 81.6 cm³/mol. The molecule has 18 heavy (non-hydrogen) atoms. The van der Waals surface area contributed by atoms with E-state index >= 15 is 0 Å². The van der Waals surface area contributed by atoms with Crippen molar-refractivity contribution in [3.05, 3.63) is 60.7 Å². The molecule has 2 aromatic carbocycles. The van der Waals surface area contributed by atoms with Crippen molar-refractivity contribution in [3.63, 3.8) is 0 Å². The normalized spacial score (nSPS) is 9.78. The summed E-state index contributed by atoms with van der Waals surface area (Å²) < 4.78 is 0. The average molecular weight is 240 g/mol. The van der Waals surface area contributed by atoms with Gasteiger partial charge in [-0.2, -0.15) is 0 Å². The lowest BCUT2D eigenvalue weighted by Crippen LogP contribution is -1.85. The second kappa shape index (κ2) is 8.52. The van der Waals surface area contributed by atoms with Gasteiger partial charge in [0.05, 0.1) is 0 Å². The first-order valence-electron chi connectivity index (χ1n) is 6.88. The summed E-state index contributed by atoms with van der Waals surface area (Å²) in [5.74, 6) is 0.935. The van der Waals surface area contributed by atoms with Crippen molar-refractivity contribution in [2.75, 3.05) is 0 Å². The van der Waals surface area contributed by atoms with E-state index in [-0.39, 0.29) is 0 Å². The Morgan fingerprint density at radius 1 is 0.667 bits per heavy atom. The van der Waals surface area contributed by atoms with Gasteiger partial charge in [0.2, 0.25) is 0 Å². The molecule has 0 aliphatic rings. The fourth-order valence-electron chi connectivity index (χ4n) is 1.55. The van der Waals surface area contributed by atoms with Crippen molar-refractivity contribution in [3.8, 4) is 11.1 Å². The Balaban J connectivity index is 0.000000232. The van der Waals surface area contributed by atoms with E-state index in [4.69, 9.17) is 0 Å². The Morgan fingerprint density at radius 2 is 1.00 bits per heavy atom. The molecule has 0 amide bonds. The quantitative estimate of drug-likeness (QED) is 0.636. The molecule has 0 spiro atoms. The van der Waals surface area contributed by atoms with Crippen LogP contribution in [0.3, 0.4) is 0 Å². The fraction of sp³-hybridized carbons (Fsp3) is 0.333. The molecule has 0 aliphatic carbocycles. The van der Waals surface area contributed by atoms with E-state index in [2.05, 4.69) is 69.3 Å². The van der Waals surface area contributed by atoms with E-state index in [1.54, 1.807) is 0 Å². The number of benzene rings is 2. The Bertz CT molecular complexity index is 361. The van der Waals surface area contributed by atoms with Gasteiger partial charge in [0, 0.05) is 0 Å². The van der Waals surface area contributed by atoms with E-state index in [1.807, 2.05) is 12.1 Å². The van der Waals surface area contributed by atoms with Crippen molar-refractivity contribution in [2.24, 2.45) is 5.92 Å². The molecule has 0 atom stereocenters. The average Bonchev–Trinajstić information content (AvgIpc) is 2.49. The van der Waals surface area contributed by atoms with Gasteiger partial charge in [0.15, 0.2) is 0 Å². The smallest absolute Gasteiger partial charge is 0.0184 e.